The predicted molar refractivity (Wildman–Crippen MR) is 91.2 cm³/mol. The molecule has 4 rings (SSSR count). The van der Waals surface area contributed by atoms with E-state index in [1.165, 1.54) is 0 Å². The van der Waals surface area contributed by atoms with E-state index in [-0.39, 0.29) is 11.8 Å². The van der Waals surface area contributed by atoms with Gasteiger partial charge in [-0.3, -0.25) is 4.79 Å². The second kappa shape index (κ2) is 6.44. The maximum absolute atomic E-state index is 12.3. The lowest BCUT2D eigenvalue weighted by Gasteiger charge is -2.37. The zero-order valence-corrected chi connectivity index (χ0v) is 14.9. The molecule has 1 aliphatic heterocycles. The predicted octanol–water partition coefficient (Wildman–Crippen LogP) is 2.96. The van der Waals surface area contributed by atoms with Crippen LogP contribution < -0.4 is 0 Å². The third-order valence-corrected chi connectivity index (χ3v) is 5.26. The van der Waals surface area contributed by atoms with Crippen molar-refractivity contribution in [2.75, 3.05) is 13.1 Å². The lowest BCUT2D eigenvalue weighted by atomic mass is 9.98. The number of aromatic nitrogens is 3. The molecule has 1 amide bonds. The van der Waals surface area contributed by atoms with Crippen LogP contribution in [-0.2, 0) is 11.2 Å². The van der Waals surface area contributed by atoms with E-state index in [1.807, 2.05) is 35.6 Å². The minimum absolute atomic E-state index is 0.128. The number of rotatable bonds is 5. The van der Waals surface area contributed by atoms with Crippen molar-refractivity contribution >= 4 is 17.2 Å². The number of hydrogen-bond donors (Lipinski definition) is 0. The van der Waals surface area contributed by atoms with E-state index in [0.717, 1.165) is 22.6 Å². The smallest absolute Gasteiger partial charge is 0.233 e. The number of amides is 1. The van der Waals surface area contributed by atoms with E-state index in [2.05, 4.69) is 15.3 Å². The molecule has 0 bridgehead atoms. The Morgan fingerprint density at radius 1 is 1.32 bits per heavy atom. The van der Waals surface area contributed by atoms with Gasteiger partial charge in [0, 0.05) is 36.0 Å². The van der Waals surface area contributed by atoms with Gasteiger partial charge >= 0.3 is 0 Å². The van der Waals surface area contributed by atoms with E-state index in [9.17, 15) is 4.79 Å². The Labute approximate surface area is 148 Å². The first-order chi connectivity index (χ1) is 12.1. The Morgan fingerprint density at radius 3 is 2.84 bits per heavy atom. The quantitative estimate of drug-likeness (QED) is 0.697. The number of thiophene rings is 1. The normalized spacial score (nSPS) is 14.7. The molecule has 4 heterocycles. The number of nitrogens with zero attached hydrogens (tertiary/aromatic N) is 4. The summed E-state index contributed by atoms with van der Waals surface area (Å²) < 4.78 is 10.5. The summed E-state index contributed by atoms with van der Waals surface area (Å²) in [6.07, 6.45) is 1.11. The van der Waals surface area contributed by atoms with Gasteiger partial charge in [0.25, 0.3) is 0 Å². The SMILES string of the molecule is Cc1noc(C)c1CCC(=O)N1CC(c2nc(-c3ccsc3)no2)C1. The fourth-order valence-electron chi connectivity index (χ4n) is 3.00. The van der Waals surface area contributed by atoms with Gasteiger partial charge in [0.2, 0.25) is 17.6 Å². The molecule has 0 unspecified atom stereocenters. The molecule has 8 heteroatoms. The zero-order valence-electron chi connectivity index (χ0n) is 14.1. The van der Waals surface area contributed by atoms with Gasteiger partial charge in [-0.2, -0.15) is 16.3 Å². The van der Waals surface area contributed by atoms with Crippen LogP contribution in [0.3, 0.4) is 0 Å². The van der Waals surface area contributed by atoms with Crippen LogP contribution in [0.25, 0.3) is 11.4 Å². The summed E-state index contributed by atoms with van der Waals surface area (Å²) in [5.74, 6) is 2.27. The van der Waals surface area contributed by atoms with Crippen molar-refractivity contribution in [3.63, 3.8) is 0 Å². The molecule has 1 saturated heterocycles. The molecule has 3 aromatic rings. The summed E-state index contributed by atoms with van der Waals surface area (Å²) >= 11 is 1.60. The summed E-state index contributed by atoms with van der Waals surface area (Å²) in [4.78, 5) is 18.6. The summed E-state index contributed by atoms with van der Waals surface area (Å²) in [6, 6.07) is 1.96. The number of carbonyl (C=O) groups is 1. The van der Waals surface area contributed by atoms with Crippen LogP contribution in [0.5, 0.6) is 0 Å². The van der Waals surface area contributed by atoms with Gasteiger partial charge in [-0.1, -0.05) is 10.3 Å². The molecule has 3 aromatic heterocycles. The van der Waals surface area contributed by atoms with Crippen LogP contribution in [0.4, 0.5) is 0 Å². The maximum atomic E-state index is 12.3. The molecule has 0 radical (unpaired) electrons. The minimum Gasteiger partial charge on any atom is -0.361 e. The molecule has 1 fully saturated rings. The van der Waals surface area contributed by atoms with E-state index >= 15 is 0 Å². The summed E-state index contributed by atoms with van der Waals surface area (Å²) in [5.41, 5.74) is 2.85. The van der Waals surface area contributed by atoms with Crippen molar-refractivity contribution in [1.29, 1.82) is 0 Å². The second-order valence-electron chi connectivity index (χ2n) is 6.27. The fourth-order valence-corrected chi connectivity index (χ4v) is 3.63. The molecule has 130 valence electrons. The van der Waals surface area contributed by atoms with Crippen LogP contribution in [-0.4, -0.2) is 39.2 Å². The second-order valence-corrected chi connectivity index (χ2v) is 7.05. The average molecular weight is 358 g/mol. The van der Waals surface area contributed by atoms with Crippen molar-refractivity contribution < 1.29 is 13.8 Å². The highest BCUT2D eigenvalue weighted by atomic mass is 32.1. The largest absolute Gasteiger partial charge is 0.361 e. The zero-order chi connectivity index (χ0) is 17.4. The van der Waals surface area contributed by atoms with Crippen LogP contribution in [0.15, 0.2) is 25.9 Å². The molecule has 1 aliphatic rings. The van der Waals surface area contributed by atoms with Gasteiger partial charge in [0.1, 0.15) is 5.76 Å². The first kappa shape index (κ1) is 16.0. The number of likely N-dealkylation sites (tertiary alicyclic amines) is 1. The molecule has 0 atom stereocenters. The van der Waals surface area contributed by atoms with Crippen LogP contribution in [0, 0.1) is 13.8 Å². The monoisotopic (exact) mass is 358 g/mol. The van der Waals surface area contributed by atoms with E-state index in [0.29, 0.717) is 37.6 Å². The van der Waals surface area contributed by atoms with Crippen molar-refractivity contribution in [3.05, 3.63) is 39.7 Å². The van der Waals surface area contributed by atoms with E-state index in [1.54, 1.807) is 11.3 Å². The van der Waals surface area contributed by atoms with Gasteiger partial charge in [-0.15, -0.1) is 0 Å². The van der Waals surface area contributed by atoms with Gasteiger partial charge in [-0.05, 0) is 31.7 Å². The summed E-state index contributed by atoms with van der Waals surface area (Å²) in [7, 11) is 0. The molecule has 0 saturated carbocycles. The highest BCUT2D eigenvalue weighted by molar-refractivity contribution is 7.08. The van der Waals surface area contributed by atoms with Crippen LogP contribution in [0.1, 0.15) is 35.2 Å². The lowest BCUT2D eigenvalue weighted by molar-refractivity contribution is -0.135. The van der Waals surface area contributed by atoms with Crippen LogP contribution >= 0.6 is 11.3 Å². The Morgan fingerprint density at radius 2 is 2.16 bits per heavy atom. The molecule has 0 N–H and O–H groups in total. The average Bonchev–Trinajstić information content (AvgIpc) is 3.27. The van der Waals surface area contributed by atoms with Gasteiger partial charge in [0.05, 0.1) is 11.6 Å². The number of hydrogen-bond acceptors (Lipinski definition) is 7. The Hall–Kier alpha value is -2.48. The number of carbonyl (C=O) groups excluding carboxylic acids is 1. The van der Waals surface area contributed by atoms with Crippen molar-refractivity contribution in [2.45, 2.75) is 32.6 Å². The highest BCUT2D eigenvalue weighted by Crippen LogP contribution is 2.29. The third-order valence-electron chi connectivity index (χ3n) is 4.57. The maximum Gasteiger partial charge on any atom is 0.233 e. The van der Waals surface area contributed by atoms with Crippen molar-refractivity contribution in [2.24, 2.45) is 0 Å². The van der Waals surface area contributed by atoms with E-state index in [4.69, 9.17) is 9.05 Å². The topological polar surface area (TPSA) is 85.3 Å². The number of aryl methyl sites for hydroxylation is 2. The van der Waals surface area contributed by atoms with Crippen LogP contribution in [0.2, 0.25) is 0 Å². The Kier molecular flexibility index (Phi) is 4.12. The molecule has 0 spiro atoms. The summed E-state index contributed by atoms with van der Waals surface area (Å²) in [5, 5.41) is 11.9. The Bertz CT molecular complexity index is 858. The third kappa shape index (κ3) is 3.09. The van der Waals surface area contributed by atoms with Crippen molar-refractivity contribution in [3.8, 4) is 11.4 Å². The lowest BCUT2D eigenvalue weighted by Crippen LogP contribution is -2.48. The standard InChI is InChI=1S/C17H18N4O3S/c1-10-14(11(2)23-19-10)3-4-15(22)21-7-13(8-21)17-18-16(20-24-17)12-5-6-25-9-12/h5-6,9,13H,3-4,7-8H2,1-2H3. The van der Waals surface area contributed by atoms with E-state index < -0.39 is 0 Å². The van der Waals surface area contributed by atoms with Crippen molar-refractivity contribution in [1.82, 2.24) is 20.2 Å². The molecular weight excluding hydrogens is 340 g/mol. The molecule has 7 nitrogen and oxygen atoms in total. The molecular formula is C17H18N4O3S. The first-order valence-corrected chi connectivity index (χ1v) is 9.12. The first-order valence-electron chi connectivity index (χ1n) is 8.17. The van der Waals surface area contributed by atoms with Gasteiger partial charge in [-0.25, -0.2) is 0 Å². The minimum atomic E-state index is 0.128. The Balaban J connectivity index is 1.30. The molecule has 25 heavy (non-hydrogen) atoms. The van der Waals surface area contributed by atoms with Gasteiger partial charge < -0.3 is 13.9 Å². The summed E-state index contributed by atoms with van der Waals surface area (Å²) in [6.45, 7) is 5.04. The molecule has 0 aliphatic carbocycles. The fraction of sp³-hybridized carbons (Fsp3) is 0.412. The molecule has 0 aromatic carbocycles. The highest BCUT2D eigenvalue weighted by Gasteiger charge is 2.35. The van der Waals surface area contributed by atoms with Gasteiger partial charge in [0.15, 0.2) is 0 Å².